The van der Waals surface area contributed by atoms with Crippen molar-refractivity contribution >= 4 is 29.1 Å². The van der Waals surface area contributed by atoms with Gasteiger partial charge in [-0.1, -0.05) is 36.6 Å². The maximum atomic E-state index is 12.5. The number of ether oxygens (including phenoxy) is 1. The molecule has 3 rings (SSSR count). The maximum absolute atomic E-state index is 12.5. The lowest BCUT2D eigenvalue weighted by Crippen LogP contribution is -2.33. The van der Waals surface area contributed by atoms with E-state index >= 15 is 0 Å². The largest absolute Gasteiger partial charge is 0.484 e. The Labute approximate surface area is 157 Å². The van der Waals surface area contributed by atoms with Crippen molar-refractivity contribution in [1.82, 2.24) is 5.32 Å². The number of halogens is 1. The number of carbonyl (C=O) groups is 2. The zero-order valence-corrected chi connectivity index (χ0v) is 15.1. The van der Waals surface area contributed by atoms with Crippen LogP contribution in [0.3, 0.4) is 0 Å². The second-order valence-corrected chi connectivity index (χ2v) is 6.73. The molecule has 0 aromatic heterocycles. The predicted octanol–water partition coefficient (Wildman–Crippen LogP) is 4.03. The molecule has 0 heterocycles. The van der Waals surface area contributed by atoms with Crippen molar-refractivity contribution in [3.8, 4) is 5.75 Å². The third-order valence-electron chi connectivity index (χ3n) is 4.32. The molecule has 0 aliphatic heterocycles. The van der Waals surface area contributed by atoms with Crippen LogP contribution in [0.1, 0.15) is 36.0 Å². The molecule has 1 aliphatic rings. The standard InChI is InChI=1S/C20H21ClN2O3/c21-14-9-11-16(12-10-14)26-13-19(24)23-18-8-4-3-7-17(18)20(25)22-15-5-1-2-6-15/h3-4,7-12,15H,1-2,5-6,13H2,(H,22,25)(H,23,24). The van der Waals surface area contributed by atoms with Crippen molar-refractivity contribution in [3.63, 3.8) is 0 Å². The highest BCUT2D eigenvalue weighted by atomic mass is 35.5. The number of rotatable bonds is 6. The van der Waals surface area contributed by atoms with E-state index in [1.165, 1.54) is 0 Å². The van der Waals surface area contributed by atoms with Gasteiger partial charge in [0.15, 0.2) is 6.61 Å². The second kappa shape index (κ2) is 8.72. The summed E-state index contributed by atoms with van der Waals surface area (Å²) in [5.74, 6) is 0.0595. The molecule has 0 spiro atoms. The molecule has 2 amide bonds. The first-order valence-corrected chi connectivity index (χ1v) is 9.08. The van der Waals surface area contributed by atoms with Crippen LogP contribution in [0.5, 0.6) is 5.75 Å². The topological polar surface area (TPSA) is 67.4 Å². The average molecular weight is 373 g/mol. The van der Waals surface area contributed by atoms with Crippen LogP contribution in [0.2, 0.25) is 5.02 Å². The van der Waals surface area contributed by atoms with Gasteiger partial charge in [-0.3, -0.25) is 9.59 Å². The van der Waals surface area contributed by atoms with Crippen LogP contribution in [-0.4, -0.2) is 24.5 Å². The summed E-state index contributed by atoms with van der Waals surface area (Å²) in [6, 6.07) is 14.0. The number of nitrogens with one attached hydrogen (secondary N) is 2. The number of hydrogen-bond donors (Lipinski definition) is 2. The van der Waals surface area contributed by atoms with Crippen LogP contribution in [0, 0.1) is 0 Å². The van der Waals surface area contributed by atoms with Gasteiger partial charge < -0.3 is 15.4 Å². The van der Waals surface area contributed by atoms with E-state index in [0.29, 0.717) is 22.0 Å². The van der Waals surface area contributed by atoms with Crippen LogP contribution in [-0.2, 0) is 4.79 Å². The lowest BCUT2D eigenvalue weighted by Gasteiger charge is -2.15. The van der Waals surface area contributed by atoms with Crippen LogP contribution < -0.4 is 15.4 Å². The summed E-state index contributed by atoms with van der Waals surface area (Å²) in [4.78, 5) is 24.7. The quantitative estimate of drug-likeness (QED) is 0.804. The highest BCUT2D eigenvalue weighted by molar-refractivity contribution is 6.30. The van der Waals surface area contributed by atoms with Crippen molar-refractivity contribution < 1.29 is 14.3 Å². The average Bonchev–Trinajstić information content (AvgIpc) is 3.14. The number of benzene rings is 2. The number of amides is 2. The molecular formula is C20H21ClN2O3. The van der Waals surface area contributed by atoms with E-state index in [0.717, 1.165) is 25.7 Å². The molecule has 26 heavy (non-hydrogen) atoms. The predicted molar refractivity (Wildman–Crippen MR) is 102 cm³/mol. The number of anilines is 1. The minimum absolute atomic E-state index is 0.153. The normalized spacial score (nSPS) is 14.0. The molecule has 0 radical (unpaired) electrons. The molecule has 0 saturated heterocycles. The Morgan fingerprint density at radius 1 is 1.04 bits per heavy atom. The summed E-state index contributed by atoms with van der Waals surface area (Å²) >= 11 is 5.82. The van der Waals surface area contributed by atoms with E-state index < -0.39 is 0 Å². The van der Waals surface area contributed by atoms with Crippen molar-refractivity contribution in [2.45, 2.75) is 31.7 Å². The van der Waals surface area contributed by atoms with Gasteiger partial charge in [0, 0.05) is 11.1 Å². The first-order chi connectivity index (χ1) is 12.6. The molecule has 0 unspecified atom stereocenters. The molecule has 1 fully saturated rings. The van der Waals surface area contributed by atoms with E-state index in [4.69, 9.17) is 16.3 Å². The molecule has 2 N–H and O–H groups in total. The monoisotopic (exact) mass is 372 g/mol. The SMILES string of the molecule is O=C(COc1ccc(Cl)cc1)Nc1ccccc1C(=O)NC1CCCC1. The lowest BCUT2D eigenvalue weighted by atomic mass is 10.1. The van der Waals surface area contributed by atoms with Crippen molar-refractivity contribution in [2.75, 3.05) is 11.9 Å². The van der Waals surface area contributed by atoms with Gasteiger partial charge in [0.05, 0.1) is 11.3 Å². The Bertz CT molecular complexity index is 771. The van der Waals surface area contributed by atoms with Crippen LogP contribution >= 0.6 is 11.6 Å². The molecule has 2 aromatic carbocycles. The van der Waals surface area contributed by atoms with Gasteiger partial charge in [0.2, 0.25) is 0 Å². The molecule has 1 aliphatic carbocycles. The number of hydrogen-bond acceptors (Lipinski definition) is 3. The fraction of sp³-hybridized carbons (Fsp3) is 0.300. The van der Waals surface area contributed by atoms with Crippen molar-refractivity contribution in [1.29, 1.82) is 0 Å². The Hall–Kier alpha value is -2.53. The Morgan fingerprint density at radius 2 is 1.73 bits per heavy atom. The molecule has 2 aromatic rings. The van der Waals surface area contributed by atoms with E-state index in [-0.39, 0.29) is 24.5 Å². The summed E-state index contributed by atoms with van der Waals surface area (Å²) in [5, 5.41) is 6.39. The highest BCUT2D eigenvalue weighted by Crippen LogP contribution is 2.20. The summed E-state index contributed by atoms with van der Waals surface area (Å²) < 4.78 is 5.43. The van der Waals surface area contributed by atoms with Gasteiger partial charge in [0.1, 0.15) is 5.75 Å². The summed E-state index contributed by atoms with van der Waals surface area (Å²) in [6.07, 6.45) is 4.31. The molecule has 136 valence electrons. The van der Waals surface area contributed by atoms with Gasteiger partial charge in [0.25, 0.3) is 11.8 Å². The van der Waals surface area contributed by atoms with E-state index in [1.807, 2.05) is 0 Å². The third kappa shape index (κ3) is 4.99. The van der Waals surface area contributed by atoms with Gasteiger partial charge in [-0.2, -0.15) is 0 Å². The first-order valence-electron chi connectivity index (χ1n) is 8.70. The Kier molecular flexibility index (Phi) is 6.12. The number of carbonyl (C=O) groups excluding carboxylic acids is 2. The zero-order valence-electron chi connectivity index (χ0n) is 14.3. The molecule has 1 saturated carbocycles. The second-order valence-electron chi connectivity index (χ2n) is 6.29. The van der Waals surface area contributed by atoms with Gasteiger partial charge in [-0.15, -0.1) is 0 Å². The maximum Gasteiger partial charge on any atom is 0.262 e. The van der Waals surface area contributed by atoms with Gasteiger partial charge >= 0.3 is 0 Å². The van der Waals surface area contributed by atoms with E-state index in [1.54, 1.807) is 48.5 Å². The van der Waals surface area contributed by atoms with Crippen LogP contribution in [0.15, 0.2) is 48.5 Å². The fourth-order valence-corrected chi connectivity index (χ4v) is 3.12. The van der Waals surface area contributed by atoms with Crippen molar-refractivity contribution in [2.24, 2.45) is 0 Å². The summed E-state index contributed by atoms with van der Waals surface area (Å²) in [7, 11) is 0. The molecule has 5 nitrogen and oxygen atoms in total. The van der Waals surface area contributed by atoms with Crippen LogP contribution in [0.4, 0.5) is 5.69 Å². The van der Waals surface area contributed by atoms with Gasteiger partial charge in [-0.25, -0.2) is 0 Å². The highest BCUT2D eigenvalue weighted by Gasteiger charge is 2.20. The van der Waals surface area contributed by atoms with E-state index in [9.17, 15) is 9.59 Å². The van der Waals surface area contributed by atoms with Crippen molar-refractivity contribution in [3.05, 3.63) is 59.1 Å². The zero-order chi connectivity index (χ0) is 18.4. The Morgan fingerprint density at radius 3 is 2.46 bits per heavy atom. The van der Waals surface area contributed by atoms with E-state index in [2.05, 4.69) is 10.6 Å². The first kappa shape index (κ1) is 18.3. The summed E-state index contributed by atoms with van der Waals surface area (Å²) in [6.45, 7) is -0.153. The molecule has 0 atom stereocenters. The minimum atomic E-state index is -0.332. The molecule has 0 bridgehead atoms. The molecular weight excluding hydrogens is 352 g/mol. The minimum Gasteiger partial charge on any atom is -0.484 e. The Balaban J connectivity index is 1.59. The molecule has 6 heteroatoms. The van der Waals surface area contributed by atoms with Crippen LogP contribution in [0.25, 0.3) is 0 Å². The number of para-hydroxylation sites is 1. The summed E-state index contributed by atoms with van der Waals surface area (Å²) in [5.41, 5.74) is 0.937. The lowest BCUT2D eigenvalue weighted by molar-refractivity contribution is -0.118. The third-order valence-corrected chi connectivity index (χ3v) is 4.57. The smallest absolute Gasteiger partial charge is 0.262 e. The fourth-order valence-electron chi connectivity index (χ4n) is 2.99. The van der Waals surface area contributed by atoms with Gasteiger partial charge in [-0.05, 0) is 49.2 Å².